The van der Waals surface area contributed by atoms with Gasteiger partial charge >= 0.3 is 0 Å². The molecular weight excluding hydrogens is 450 g/mol. The summed E-state index contributed by atoms with van der Waals surface area (Å²) in [5.74, 6) is 0.0520. The highest BCUT2D eigenvalue weighted by atomic mass is 32.2. The molecule has 1 aromatic heterocycles. The fraction of sp³-hybridized carbons (Fsp3) is 0.231. The Morgan fingerprint density at radius 1 is 0.971 bits per heavy atom. The Morgan fingerprint density at radius 3 is 2.38 bits per heavy atom. The second-order valence-electron chi connectivity index (χ2n) is 7.86. The van der Waals surface area contributed by atoms with E-state index in [0.29, 0.717) is 41.4 Å². The van der Waals surface area contributed by atoms with Crippen molar-refractivity contribution in [3.05, 3.63) is 78.4 Å². The second kappa shape index (κ2) is 10.2. The van der Waals surface area contributed by atoms with Crippen molar-refractivity contribution < 1.29 is 17.6 Å². The zero-order chi connectivity index (χ0) is 24.1. The number of oxazole rings is 1. The Morgan fingerprint density at radius 2 is 1.68 bits per heavy atom. The summed E-state index contributed by atoms with van der Waals surface area (Å²) in [4.78, 5) is 17.6. The Labute approximate surface area is 199 Å². The number of fused-ring (bicyclic) bond motifs is 1. The summed E-state index contributed by atoms with van der Waals surface area (Å²) in [7, 11) is -3.60. The molecule has 0 fully saturated rings. The molecular formula is C26H27N3O4S. The Bertz CT molecular complexity index is 1360. The van der Waals surface area contributed by atoms with Crippen LogP contribution in [-0.4, -0.2) is 36.7 Å². The van der Waals surface area contributed by atoms with Crippen molar-refractivity contribution in [2.24, 2.45) is 0 Å². The van der Waals surface area contributed by atoms with Crippen LogP contribution in [0.25, 0.3) is 22.6 Å². The molecule has 0 bridgehead atoms. The van der Waals surface area contributed by atoms with Gasteiger partial charge in [-0.1, -0.05) is 44.5 Å². The summed E-state index contributed by atoms with van der Waals surface area (Å²) in [5.41, 5.74) is 2.95. The molecule has 8 heteroatoms. The van der Waals surface area contributed by atoms with Crippen molar-refractivity contribution in [2.45, 2.75) is 31.6 Å². The molecule has 7 nitrogen and oxygen atoms in total. The van der Waals surface area contributed by atoms with Crippen molar-refractivity contribution in [3.8, 4) is 11.5 Å². The van der Waals surface area contributed by atoms with Crippen LogP contribution in [0.3, 0.4) is 0 Å². The molecule has 1 N–H and O–H groups in total. The van der Waals surface area contributed by atoms with E-state index in [2.05, 4.69) is 10.3 Å². The monoisotopic (exact) mass is 477 g/mol. The lowest BCUT2D eigenvalue weighted by Crippen LogP contribution is -2.31. The molecule has 0 saturated heterocycles. The van der Waals surface area contributed by atoms with E-state index in [0.717, 1.165) is 18.4 Å². The predicted octanol–water partition coefficient (Wildman–Crippen LogP) is 5.56. The normalized spacial score (nSPS) is 11.7. The van der Waals surface area contributed by atoms with Gasteiger partial charge in [-0.2, -0.15) is 4.31 Å². The predicted molar refractivity (Wildman–Crippen MR) is 133 cm³/mol. The molecule has 4 aromatic rings. The molecule has 0 aliphatic heterocycles. The molecule has 1 heterocycles. The number of carbonyl (C=O) groups is 1. The van der Waals surface area contributed by atoms with Crippen LogP contribution in [0.5, 0.6) is 0 Å². The maximum atomic E-state index is 12.9. The lowest BCUT2D eigenvalue weighted by atomic mass is 10.1. The van der Waals surface area contributed by atoms with Crippen LogP contribution in [0.2, 0.25) is 0 Å². The Kier molecular flexibility index (Phi) is 7.09. The van der Waals surface area contributed by atoms with Gasteiger partial charge in [0.25, 0.3) is 5.91 Å². The van der Waals surface area contributed by atoms with Crippen molar-refractivity contribution in [1.82, 2.24) is 9.29 Å². The minimum atomic E-state index is -3.60. The highest BCUT2D eigenvalue weighted by Gasteiger charge is 2.23. The number of unbranched alkanes of at least 4 members (excludes halogenated alkanes) is 1. The zero-order valence-electron chi connectivity index (χ0n) is 19.2. The minimum absolute atomic E-state index is 0.175. The van der Waals surface area contributed by atoms with Gasteiger partial charge in [0.15, 0.2) is 5.58 Å². The van der Waals surface area contributed by atoms with Crippen molar-refractivity contribution in [2.75, 3.05) is 18.4 Å². The van der Waals surface area contributed by atoms with Crippen molar-refractivity contribution >= 4 is 32.7 Å². The first-order valence-electron chi connectivity index (χ1n) is 11.3. The average Bonchev–Trinajstić information content (AvgIpc) is 3.29. The highest BCUT2D eigenvalue weighted by molar-refractivity contribution is 7.89. The van der Waals surface area contributed by atoms with Gasteiger partial charge in [-0.05, 0) is 55.0 Å². The first kappa shape index (κ1) is 23.7. The summed E-state index contributed by atoms with van der Waals surface area (Å²) >= 11 is 0. The molecule has 0 atom stereocenters. The molecule has 0 unspecified atom stereocenters. The minimum Gasteiger partial charge on any atom is -0.436 e. The smallest absolute Gasteiger partial charge is 0.255 e. The number of carbonyl (C=O) groups excluding carboxylic acids is 1. The van der Waals surface area contributed by atoms with Crippen LogP contribution in [0, 0.1) is 0 Å². The van der Waals surface area contributed by atoms with E-state index in [1.807, 2.05) is 56.3 Å². The average molecular weight is 478 g/mol. The van der Waals surface area contributed by atoms with E-state index in [-0.39, 0.29) is 10.8 Å². The quantitative estimate of drug-likeness (QED) is 0.341. The van der Waals surface area contributed by atoms with Crippen molar-refractivity contribution in [3.63, 3.8) is 0 Å². The van der Waals surface area contributed by atoms with E-state index in [1.54, 1.807) is 6.07 Å². The maximum absolute atomic E-state index is 12.9. The van der Waals surface area contributed by atoms with Crippen LogP contribution >= 0.6 is 0 Å². The number of para-hydroxylation sites is 3. The number of sulfonamides is 1. The molecule has 176 valence electrons. The van der Waals surface area contributed by atoms with Crippen molar-refractivity contribution in [1.29, 1.82) is 0 Å². The van der Waals surface area contributed by atoms with Gasteiger partial charge < -0.3 is 9.73 Å². The number of amides is 1. The summed E-state index contributed by atoms with van der Waals surface area (Å²) in [5, 5.41) is 2.89. The van der Waals surface area contributed by atoms with Gasteiger partial charge in [0, 0.05) is 18.7 Å². The summed E-state index contributed by atoms with van der Waals surface area (Å²) < 4.78 is 33.2. The van der Waals surface area contributed by atoms with E-state index < -0.39 is 10.0 Å². The first-order chi connectivity index (χ1) is 16.4. The number of aromatic nitrogens is 1. The number of benzene rings is 3. The SMILES string of the molecule is CCCCN(CC)S(=O)(=O)c1ccc(C(=O)Nc2ccccc2-c2nc3ccccc3o2)cc1. The van der Waals surface area contributed by atoms with Gasteiger partial charge in [0.05, 0.1) is 16.1 Å². The Hall–Kier alpha value is -3.49. The van der Waals surface area contributed by atoms with Crippen LogP contribution < -0.4 is 5.32 Å². The third kappa shape index (κ3) is 4.88. The number of nitrogens with one attached hydrogen (secondary N) is 1. The van der Waals surface area contributed by atoms with Gasteiger partial charge in [0.2, 0.25) is 15.9 Å². The Balaban J connectivity index is 1.55. The largest absolute Gasteiger partial charge is 0.436 e. The molecule has 0 saturated carbocycles. The van der Waals surface area contributed by atoms with Gasteiger partial charge in [0.1, 0.15) is 5.52 Å². The third-order valence-corrected chi connectivity index (χ3v) is 7.56. The third-order valence-electron chi connectivity index (χ3n) is 5.57. The summed E-state index contributed by atoms with van der Waals surface area (Å²) in [6.07, 6.45) is 1.71. The number of hydrogen-bond donors (Lipinski definition) is 1. The topological polar surface area (TPSA) is 92.5 Å². The highest BCUT2D eigenvalue weighted by Crippen LogP contribution is 2.30. The molecule has 0 aliphatic carbocycles. The van der Waals surface area contributed by atoms with Gasteiger partial charge in [-0.3, -0.25) is 4.79 Å². The van der Waals surface area contributed by atoms with Crippen LogP contribution in [0.4, 0.5) is 5.69 Å². The molecule has 0 aliphatic rings. The number of nitrogens with zero attached hydrogens (tertiary/aromatic N) is 2. The number of anilines is 1. The van der Waals surface area contributed by atoms with Gasteiger partial charge in [-0.15, -0.1) is 0 Å². The molecule has 0 radical (unpaired) electrons. The van der Waals surface area contributed by atoms with E-state index in [4.69, 9.17) is 4.42 Å². The van der Waals surface area contributed by atoms with Crippen LogP contribution in [0.1, 0.15) is 37.0 Å². The lowest BCUT2D eigenvalue weighted by Gasteiger charge is -2.20. The second-order valence-corrected chi connectivity index (χ2v) is 9.80. The van der Waals surface area contributed by atoms with E-state index >= 15 is 0 Å². The zero-order valence-corrected chi connectivity index (χ0v) is 20.0. The molecule has 34 heavy (non-hydrogen) atoms. The molecule has 0 spiro atoms. The fourth-order valence-corrected chi connectivity index (χ4v) is 5.16. The number of rotatable bonds is 9. The van der Waals surface area contributed by atoms with E-state index in [1.165, 1.54) is 28.6 Å². The maximum Gasteiger partial charge on any atom is 0.255 e. The molecule has 1 amide bonds. The van der Waals surface area contributed by atoms with E-state index in [9.17, 15) is 13.2 Å². The summed E-state index contributed by atoms with van der Waals surface area (Å²) in [6, 6.07) is 20.7. The fourth-order valence-electron chi connectivity index (χ4n) is 3.67. The van der Waals surface area contributed by atoms with Crippen LogP contribution in [0.15, 0.2) is 82.1 Å². The standard InChI is InChI=1S/C26H27N3O4S/c1-3-5-18-29(4-2)34(31,32)20-16-14-19(15-17-20)25(30)27-22-11-7-6-10-21(22)26-28-23-12-8-9-13-24(23)33-26/h6-17H,3-5,18H2,1-2H3,(H,27,30). The molecule has 4 rings (SSSR count). The first-order valence-corrected chi connectivity index (χ1v) is 12.7. The van der Waals surface area contributed by atoms with Gasteiger partial charge in [-0.25, -0.2) is 13.4 Å². The molecule has 3 aromatic carbocycles. The lowest BCUT2D eigenvalue weighted by molar-refractivity contribution is 0.102. The number of hydrogen-bond acceptors (Lipinski definition) is 5. The summed E-state index contributed by atoms with van der Waals surface area (Å²) in [6.45, 7) is 4.72. The van der Waals surface area contributed by atoms with Crippen LogP contribution in [-0.2, 0) is 10.0 Å².